The van der Waals surface area contributed by atoms with Gasteiger partial charge in [0.25, 0.3) is 17.3 Å². The standard InChI is InChI=1S/C17H10ClN5O5S/c18-13-5-4-10(7-14(13)23(27)28)8-15-16(24)20-17(29-15)21-19-9-11-2-1-3-12(6-11)22(25)26/h1-9H,(H,20,21,24). The van der Waals surface area contributed by atoms with E-state index in [9.17, 15) is 25.0 Å². The van der Waals surface area contributed by atoms with Crippen LogP contribution in [0.4, 0.5) is 11.4 Å². The summed E-state index contributed by atoms with van der Waals surface area (Å²) in [6.45, 7) is 0. The molecule has 0 atom stereocenters. The molecule has 3 rings (SSSR count). The Morgan fingerprint density at radius 3 is 2.59 bits per heavy atom. The topological polar surface area (TPSA) is 140 Å². The highest BCUT2D eigenvalue weighted by Crippen LogP contribution is 2.30. The van der Waals surface area contributed by atoms with Crippen LogP contribution < -0.4 is 5.32 Å². The van der Waals surface area contributed by atoms with Gasteiger partial charge < -0.3 is 0 Å². The third kappa shape index (κ3) is 5.03. The summed E-state index contributed by atoms with van der Waals surface area (Å²) >= 11 is 6.78. The van der Waals surface area contributed by atoms with Gasteiger partial charge in [-0.25, -0.2) is 0 Å². The van der Waals surface area contributed by atoms with E-state index in [-0.39, 0.29) is 26.5 Å². The predicted molar refractivity (Wildman–Crippen MR) is 110 cm³/mol. The van der Waals surface area contributed by atoms with E-state index in [1.54, 1.807) is 12.1 Å². The lowest BCUT2D eigenvalue weighted by Gasteiger charge is -1.98. The Bertz CT molecular complexity index is 1120. The number of amides is 1. The lowest BCUT2D eigenvalue weighted by atomic mass is 10.2. The molecule has 0 spiro atoms. The fourth-order valence-corrected chi connectivity index (χ4v) is 3.22. The van der Waals surface area contributed by atoms with Crippen LogP contribution in [0.5, 0.6) is 0 Å². The van der Waals surface area contributed by atoms with Crippen molar-refractivity contribution in [2.45, 2.75) is 0 Å². The zero-order valence-electron chi connectivity index (χ0n) is 14.3. The molecule has 0 bridgehead atoms. The number of hydrogen-bond donors (Lipinski definition) is 1. The molecule has 1 aliphatic rings. The molecule has 12 heteroatoms. The molecule has 0 saturated carbocycles. The maximum absolute atomic E-state index is 12.1. The van der Waals surface area contributed by atoms with Crippen LogP contribution in [-0.4, -0.2) is 27.1 Å². The zero-order valence-corrected chi connectivity index (χ0v) is 15.9. The van der Waals surface area contributed by atoms with E-state index in [1.165, 1.54) is 42.6 Å². The van der Waals surface area contributed by atoms with Gasteiger partial charge in [-0.05, 0) is 29.5 Å². The van der Waals surface area contributed by atoms with Crippen molar-refractivity contribution in [3.63, 3.8) is 0 Å². The van der Waals surface area contributed by atoms with Gasteiger partial charge in [-0.3, -0.25) is 30.3 Å². The van der Waals surface area contributed by atoms with Crippen LogP contribution in [0.1, 0.15) is 11.1 Å². The Morgan fingerprint density at radius 2 is 1.86 bits per heavy atom. The van der Waals surface area contributed by atoms with Gasteiger partial charge in [-0.1, -0.05) is 29.8 Å². The lowest BCUT2D eigenvalue weighted by Crippen LogP contribution is -2.19. The van der Waals surface area contributed by atoms with Crippen molar-refractivity contribution in [2.75, 3.05) is 0 Å². The average molecular weight is 432 g/mol. The first-order valence-corrected chi connectivity index (χ1v) is 9.03. The van der Waals surface area contributed by atoms with Gasteiger partial charge in [0.2, 0.25) is 0 Å². The van der Waals surface area contributed by atoms with Gasteiger partial charge in [0.1, 0.15) is 5.02 Å². The summed E-state index contributed by atoms with van der Waals surface area (Å²) in [6.07, 6.45) is 2.78. The molecular weight excluding hydrogens is 422 g/mol. The number of halogens is 1. The number of nitrogens with one attached hydrogen (secondary N) is 1. The Morgan fingerprint density at radius 1 is 1.07 bits per heavy atom. The maximum Gasteiger partial charge on any atom is 0.288 e. The van der Waals surface area contributed by atoms with E-state index >= 15 is 0 Å². The van der Waals surface area contributed by atoms with E-state index in [0.717, 1.165) is 11.8 Å². The summed E-state index contributed by atoms with van der Waals surface area (Å²) in [5.41, 5.74) is 0.564. The molecule has 0 radical (unpaired) electrons. The minimum Gasteiger partial charge on any atom is -0.299 e. The highest BCUT2D eigenvalue weighted by Gasteiger charge is 2.24. The fourth-order valence-electron chi connectivity index (χ4n) is 2.25. The Kier molecular flexibility index (Phi) is 6.00. The minimum absolute atomic E-state index is 0.00147. The van der Waals surface area contributed by atoms with Crippen molar-refractivity contribution in [3.05, 3.63) is 83.7 Å². The van der Waals surface area contributed by atoms with Gasteiger partial charge in [0.05, 0.1) is 21.0 Å². The van der Waals surface area contributed by atoms with E-state index in [2.05, 4.69) is 15.5 Å². The first-order valence-electron chi connectivity index (χ1n) is 7.84. The van der Waals surface area contributed by atoms with Crippen molar-refractivity contribution < 1.29 is 14.6 Å². The second kappa shape index (κ2) is 8.63. The molecule has 0 aromatic heterocycles. The minimum atomic E-state index is -0.609. The van der Waals surface area contributed by atoms with E-state index < -0.39 is 15.8 Å². The van der Waals surface area contributed by atoms with Crippen LogP contribution in [0.15, 0.2) is 57.6 Å². The Hall–Kier alpha value is -3.57. The highest BCUT2D eigenvalue weighted by atomic mass is 35.5. The van der Waals surface area contributed by atoms with Crippen molar-refractivity contribution in [1.82, 2.24) is 5.32 Å². The zero-order chi connectivity index (χ0) is 21.0. The third-order valence-corrected chi connectivity index (χ3v) is 4.77. The van der Waals surface area contributed by atoms with Crippen LogP contribution >= 0.6 is 23.4 Å². The van der Waals surface area contributed by atoms with Crippen LogP contribution in [0.25, 0.3) is 6.08 Å². The van der Waals surface area contributed by atoms with E-state index in [4.69, 9.17) is 11.6 Å². The van der Waals surface area contributed by atoms with Crippen LogP contribution in [0, 0.1) is 20.2 Å². The van der Waals surface area contributed by atoms with Crippen LogP contribution in [-0.2, 0) is 4.79 Å². The molecule has 1 heterocycles. The number of non-ortho nitro benzene ring substituents is 1. The smallest absolute Gasteiger partial charge is 0.288 e. The second-order valence-electron chi connectivity index (χ2n) is 5.53. The molecule has 0 unspecified atom stereocenters. The molecule has 29 heavy (non-hydrogen) atoms. The number of carbonyl (C=O) groups is 1. The summed E-state index contributed by atoms with van der Waals surface area (Å²) in [4.78, 5) is 32.9. The molecule has 0 aliphatic carbocycles. The summed E-state index contributed by atoms with van der Waals surface area (Å²) in [5, 5.41) is 32.1. The number of benzene rings is 2. The quantitative estimate of drug-likeness (QED) is 0.331. The summed E-state index contributed by atoms with van der Waals surface area (Å²) in [7, 11) is 0. The number of rotatable bonds is 5. The summed E-state index contributed by atoms with van der Waals surface area (Å²) in [6, 6.07) is 10.0. The van der Waals surface area contributed by atoms with Crippen molar-refractivity contribution >= 4 is 58.1 Å². The van der Waals surface area contributed by atoms with Crippen molar-refractivity contribution in [2.24, 2.45) is 10.2 Å². The molecular formula is C17H10ClN5O5S. The number of nitrogens with zero attached hydrogens (tertiary/aromatic N) is 4. The number of nitro benzene ring substituents is 2. The summed E-state index contributed by atoms with van der Waals surface area (Å²) < 4.78 is 0. The maximum atomic E-state index is 12.1. The van der Waals surface area contributed by atoms with E-state index in [0.29, 0.717) is 11.1 Å². The Labute approximate surface area is 172 Å². The summed E-state index contributed by atoms with van der Waals surface area (Å²) in [5.74, 6) is -0.433. The molecule has 10 nitrogen and oxygen atoms in total. The number of thioether (sulfide) groups is 1. The highest BCUT2D eigenvalue weighted by molar-refractivity contribution is 8.18. The molecule has 2 aromatic carbocycles. The molecule has 1 N–H and O–H groups in total. The Balaban J connectivity index is 1.75. The third-order valence-electron chi connectivity index (χ3n) is 3.55. The van der Waals surface area contributed by atoms with Gasteiger partial charge in [-0.2, -0.15) is 5.10 Å². The number of hydrogen-bond acceptors (Lipinski definition) is 8. The average Bonchev–Trinajstić information content (AvgIpc) is 3.02. The van der Waals surface area contributed by atoms with Crippen molar-refractivity contribution in [1.29, 1.82) is 0 Å². The van der Waals surface area contributed by atoms with Crippen molar-refractivity contribution in [3.8, 4) is 0 Å². The number of nitro groups is 2. The largest absolute Gasteiger partial charge is 0.299 e. The van der Waals surface area contributed by atoms with E-state index in [1.807, 2.05) is 0 Å². The number of carbonyl (C=O) groups excluding carboxylic acids is 1. The SMILES string of the molecule is O=C1N/C(=N\N=Cc2cccc([N+](=O)[O-])c2)SC1=Cc1ccc(Cl)c([N+](=O)[O-])c1. The van der Waals surface area contributed by atoms with Crippen LogP contribution in [0.3, 0.4) is 0 Å². The van der Waals surface area contributed by atoms with Crippen LogP contribution in [0.2, 0.25) is 5.02 Å². The fraction of sp³-hybridized carbons (Fsp3) is 0. The predicted octanol–water partition coefficient (Wildman–Crippen LogP) is 3.75. The molecule has 1 saturated heterocycles. The van der Waals surface area contributed by atoms with Gasteiger partial charge in [0.15, 0.2) is 5.17 Å². The molecule has 1 aliphatic heterocycles. The first-order chi connectivity index (χ1) is 13.8. The lowest BCUT2D eigenvalue weighted by molar-refractivity contribution is -0.385. The van der Waals surface area contributed by atoms with Gasteiger partial charge >= 0.3 is 0 Å². The molecule has 1 amide bonds. The molecule has 2 aromatic rings. The van der Waals surface area contributed by atoms with Gasteiger partial charge in [-0.15, -0.1) is 5.10 Å². The molecule has 146 valence electrons. The number of amidine groups is 1. The second-order valence-corrected chi connectivity index (χ2v) is 6.97. The molecule has 1 fully saturated rings. The van der Waals surface area contributed by atoms with Gasteiger partial charge in [0, 0.05) is 23.8 Å². The first kappa shape index (κ1) is 20.2. The monoisotopic (exact) mass is 431 g/mol. The normalized spacial score (nSPS) is 16.5.